The third-order valence-corrected chi connectivity index (χ3v) is 5.98. The molecule has 8 heteroatoms. The summed E-state index contributed by atoms with van der Waals surface area (Å²) in [5.41, 5.74) is -2.86. The van der Waals surface area contributed by atoms with Crippen LogP contribution in [0.3, 0.4) is 0 Å². The van der Waals surface area contributed by atoms with Crippen LogP contribution in [-0.2, 0) is 15.1 Å². The Hall–Kier alpha value is -2.54. The summed E-state index contributed by atoms with van der Waals surface area (Å²) in [4.78, 5) is 31.4. The summed E-state index contributed by atoms with van der Waals surface area (Å²) in [5, 5.41) is 2.98. The molecular weight excluding hydrogens is 424 g/mol. The van der Waals surface area contributed by atoms with Crippen molar-refractivity contribution in [1.82, 2.24) is 10.3 Å². The zero-order valence-corrected chi connectivity index (χ0v) is 18.3. The second kappa shape index (κ2) is 9.73. The van der Waals surface area contributed by atoms with Crippen molar-refractivity contribution in [2.45, 2.75) is 63.2 Å². The van der Waals surface area contributed by atoms with Crippen molar-refractivity contribution < 1.29 is 18.4 Å². The van der Waals surface area contributed by atoms with E-state index in [-0.39, 0.29) is 17.3 Å². The van der Waals surface area contributed by atoms with E-state index in [1.807, 2.05) is 6.92 Å². The van der Waals surface area contributed by atoms with Crippen LogP contribution in [0.2, 0.25) is 0 Å². The molecule has 31 heavy (non-hydrogen) atoms. The Kier molecular flexibility index (Phi) is 7.26. The molecule has 5 nitrogen and oxygen atoms in total. The summed E-state index contributed by atoms with van der Waals surface area (Å²) >= 11 is 5.55. The van der Waals surface area contributed by atoms with Gasteiger partial charge in [-0.2, -0.15) is 0 Å². The molecular formula is C23H26ClF2N3O2. The molecule has 0 spiro atoms. The highest BCUT2D eigenvalue weighted by molar-refractivity contribution is 6.32. The molecule has 1 aromatic carbocycles. The number of benzene rings is 1. The SMILES string of the molecule is Cc1ccc(N(C(=O)[C@H](F)Cl)[C@@](C)(C(=O)NC2CCCCC2)c2cncc(F)c2)cc1. The number of alkyl halides is 2. The van der Waals surface area contributed by atoms with Gasteiger partial charge >= 0.3 is 0 Å². The van der Waals surface area contributed by atoms with Crippen LogP contribution in [0, 0.1) is 12.7 Å². The van der Waals surface area contributed by atoms with Crippen molar-refractivity contribution in [3.8, 4) is 0 Å². The minimum Gasteiger partial charge on any atom is -0.351 e. The normalized spacial score (nSPS) is 17.5. The van der Waals surface area contributed by atoms with E-state index in [0.29, 0.717) is 0 Å². The molecule has 1 aliphatic carbocycles. The number of pyridine rings is 1. The van der Waals surface area contributed by atoms with Gasteiger partial charge in [0, 0.05) is 23.5 Å². The summed E-state index contributed by atoms with van der Waals surface area (Å²) in [7, 11) is 0. The van der Waals surface area contributed by atoms with Gasteiger partial charge in [0.15, 0.2) is 5.54 Å². The Balaban J connectivity index is 2.14. The van der Waals surface area contributed by atoms with Crippen LogP contribution in [0.15, 0.2) is 42.7 Å². The lowest BCUT2D eigenvalue weighted by Crippen LogP contribution is -2.60. The smallest absolute Gasteiger partial charge is 0.278 e. The molecule has 1 aromatic heterocycles. The van der Waals surface area contributed by atoms with Crippen molar-refractivity contribution in [3.05, 3.63) is 59.7 Å². The fourth-order valence-corrected chi connectivity index (χ4v) is 4.11. The molecule has 0 bridgehead atoms. The van der Waals surface area contributed by atoms with E-state index in [1.54, 1.807) is 24.3 Å². The Labute approximate surface area is 185 Å². The van der Waals surface area contributed by atoms with Crippen LogP contribution in [0.1, 0.15) is 50.2 Å². The van der Waals surface area contributed by atoms with Gasteiger partial charge < -0.3 is 5.32 Å². The average Bonchev–Trinajstić information content (AvgIpc) is 2.75. The first-order valence-corrected chi connectivity index (χ1v) is 10.8. The molecule has 0 unspecified atom stereocenters. The number of rotatable bonds is 6. The molecule has 0 radical (unpaired) electrons. The monoisotopic (exact) mass is 449 g/mol. The highest BCUT2D eigenvalue weighted by atomic mass is 35.5. The zero-order chi connectivity index (χ0) is 22.6. The maximum Gasteiger partial charge on any atom is 0.278 e. The molecule has 3 rings (SSSR count). The number of carbonyl (C=O) groups is 2. The molecule has 1 heterocycles. The van der Waals surface area contributed by atoms with Gasteiger partial charge in [0.05, 0.1) is 6.20 Å². The van der Waals surface area contributed by atoms with Crippen LogP contribution in [0.25, 0.3) is 0 Å². The fraction of sp³-hybridized carbons (Fsp3) is 0.435. The molecule has 1 saturated carbocycles. The Morgan fingerprint density at radius 3 is 2.42 bits per heavy atom. The van der Waals surface area contributed by atoms with Gasteiger partial charge in [0.2, 0.25) is 0 Å². The molecule has 0 saturated heterocycles. The van der Waals surface area contributed by atoms with Crippen LogP contribution >= 0.6 is 11.6 Å². The van der Waals surface area contributed by atoms with Gasteiger partial charge in [-0.05, 0) is 44.9 Å². The van der Waals surface area contributed by atoms with Crippen molar-refractivity contribution in [2.24, 2.45) is 0 Å². The number of halogens is 3. The topological polar surface area (TPSA) is 62.3 Å². The fourth-order valence-electron chi connectivity index (χ4n) is 4.01. The Morgan fingerprint density at radius 2 is 1.84 bits per heavy atom. The van der Waals surface area contributed by atoms with Gasteiger partial charge in [-0.1, -0.05) is 48.6 Å². The minimum atomic E-state index is -2.38. The van der Waals surface area contributed by atoms with E-state index in [0.717, 1.165) is 54.8 Å². The summed E-state index contributed by atoms with van der Waals surface area (Å²) < 4.78 is 28.2. The molecule has 2 amide bonds. The predicted octanol–water partition coefficient (Wildman–Crippen LogP) is 4.76. The number of aryl methyl sites for hydroxylation is 1. The van der Waals surface area contributed by atoms with Gasteiger partial charge in [-0.3, -0.25) is 19.5 Å². The lowest BCUT2D eigenvalue weighted by atomic mass is 9.87. The predicted molar refractivity (Wildman–Crippen MR) is 116 cm³/mol. The number of hydrogen-bond donors (Lipinski definition) is 1. The number of amides is 2. The van der Waals surface area contributed by atoms with Crippen molar-refractivity contribution in [2.75, 3.05) is 4.90 Å². The second-order valence-electron chi connectivity index (χ2n) is 8.08. The number of hydrogen-bond acceptors (Lipinski definition) is 3. The van der Waals surface area contributed by atoms with Crippen molar-refractivity contribution in [3.63, 3.8) is 0 Å². The van der Waals surface area contributed by atoms with Crippen LogP contribution in [0.4, 0.5) is 14.5 Å². The molecule has 0 aliphatic heterocycles. The molecule has 166 valence electrons. The van der Waals surface area contributed by atoms with Gasteiger partial charge in [-0.15, -0.1) is 0 Å². The maximum absolute atomic E-state index is 14.1. The highest BCUT2D eigenvalue weighted by Gasteiger charge is 2.47. The summed E-state index contributed by atoms with van der Waals surface area (Å²) in [6, 6.07) is 7.73. The van der Waals surface area contributed by atoms with Gasteiger partial charge in [-0.25, -0.2) is 8.78 Å². The first kappa shape index (κ1) is 23.1. The van der Waals surface area contributed by atoms with Gasteiger partial charge in [0.25, 0.3) is 17.4 Å². The first-order chi connectivity index (χ1) is 14.7. The number of nitrogens with one attached hydrogen (secondary N) is 1. The van der Waals surface area contributed by atoms with E-state index >= 15 is 0 Å². The standard InChI is InChI=1S/C23H26ClF2N3O2/c1-15-8-10-19(11-9-15)29(21(30)20(24)26)23(2,16-12-17(25)14-27-13-16)22(31)28-18-6-4-3-5-7-18/h8-14,18,20H,3-7H2,1-2H3,(H,28,31)/t20-,23+/m0/s1. The van der Waals surface area contributed by atoms with Crippen molar-refractivity contribution >= 4 is 29.1 Å². The lowest BCUT2D eigenvalue weighted by Gasteiger charge is -2.41. The molecule has 2 atom stereocenters. The number of nitrogens with zero attached hydrogens (tertiary/aromatic N) is 2. The van der Waals surface area contributed by atoms with E-state index in [2.05, 4.69) is 10.3 Å². The summed E-state index contributed by atoms with van der Waals surface area (Å²) in [6.07, 6.45) is 6.99. The van der Waals surface area contributed by atoms with Crippen LogP contribution in [-0.4, -0.2) is 28.5 Å². The van der Waals surface area contributed by atoms with Crippen molar-refractivity contribution in [1.29, 1.82) is 0 Å². The number of carbonyl (C=O) groups excluding carboxylic acids is 2. The highest BCUT2D eigenvalue weighted by Crippen LogP contribution is 2.36. The number of aromatic nitrogens is 1. The quantitative estimate of drug-likeness (QED) is 0.647. The zero-order valence-electron chi connectivity index (χ0n) is 17.6. The van der Waals surface area contributed by atoms with Crippen LogP contribution in [0.5, 0.6) is 0 Å². The average molecular weight is 450 g/mol. The third-order valence-electron chi connectivity index (χ3n) is 5.80. The summed E-state index contributed by atoms with van der Waals surface area (Å²) in [5.74, 6) is -2.33. The van der Waals surface area contributed by atoms with Gasteiger partial charge in [0.1, 0.15) is 5.82 Å². The van der Waals surface area contributed by atoms with E-state index < -0.39 is 28.8 Å². The first-order valence-electron chi connectivity index (χ1n) is 10.3. The molecule has 1 fully saturated rings. The van der Waals surface area contributed by atoms with E-state index in [1.165, 1.54) is 13.1 Å². The summed E-state index contributed by atoms with van der Waals surface area (Å²) in [6.45, 7) is 3.32. The lowest BCUT2D eigenvalue weighted by molar-refractivity contribution is -0.131. The second-order valence-corrected chi connectivity index (χ2v) is 8.47. The third kappa shape index (κ3) is 5.03. The molecule has 1 N–H and O–H groups in total. The Bertz CT molecular complexity index is 933. The maximum atomic E-state index is 14.1. The van der Waals surface area contributed by atoms with E-state index in [4.69, 9.17) is 11.6 Å². The van der Waals surface area contributed by atoms with Crippen LogP contribution < -0.4 is 10.2 Å². The number of anilines is 1. The molecule has 2 aromatic rings. The largest absolute Gasteiger partial charge is 0.351 e. The molecule has 1 aliphatic rings. The Morgan fingerprint density at radius 1 is 1.19 bits per heavy atom. The van der Waals surface area contributed by atoms with E-state index in [9.17, 15) is 18.4 Å². The minimum absolute atomic E-state index is 0.0748.